The van der Waals surface area contributed by atoms with E-state index >= 15 is 0 Å². The maximum atomic E-state index is 13.5. The lowest BCUT2D eigenvalue weighted by Gasteiger charge is -2.28. The Bertz CT molecular complexity index is 914. The second-order valence-electron chi connectivity index (χ2n) is 6.74. The number of carbonyl (C=O) groups is 1. The van der Waals surface area contributed by atoms with E-state index in [0.717, 1.165) is 27.9 Å². The van der Waals surface area contributed by atoms with Crippen LogP contribution in [0, 0.1) is 5.82 Å². The molecular formula is C20H25FN2O4S. The van der Waals surface area contributed by atoms with Crippen LogP contribution in [0.5, 0.6) is 5.75 Å². The van der Waals surface area contributed by atoms with E-state index in [1.54, 1.807) is 12.1 Å². The first-order valence-corrected chi connectivity index (χ1v) is 10.7. The highest BCUT2D eigenvalue weighted by molar-refractivity contribution is 7.92. The Morgan fingerprint density at radius 3 is 2.32 bits per heavy atom. The smallest absolute Gasteiger partial charge is 0.243 e. The van der Waals surface area contributed by atoms with Gasteiger partial charge in [0.15, 0.2) is 0 Å². The summed E-state index contributed by atoms with van der Waals surface area (Å²) in [6.07, 6.45) is 1.05. The van der Waals surface area contributed by atoms with Gasteiger partial charge >= 0.3 is 0 Å². The molecule has 1 atom stereocenters. The van der Waals surface area contributed by atoms with Crippen molar-refractivity contribution in [3.63, 3.8) is 0 Å². The Labute approximate surface area is 165 Å². The van der Waals surface area contributed by atoms with Gasteiger partial charge in [-0.25, -0.2) is 12.8 Å². The molecule has 0 fully saturated rings. The van der Waals surface area contributed by atoms with Crippen LogP contribution < -0.4 is 14.4 Å². The molecule has 0 aliphatic rings. The van der Waals surface area contributed by atoms with Gasteiger partial charge in [0.05, 0.1) is 18.0 Å². The summed E-state index contributed by atoms with van der Waals surface area (Å²) in [6.45, 7) is 5.55. The van der Waals surface area contributed by atoms with Gasteiger partial charge in [0.25, 0.3) is 0 Å². The van der Waals surface area contributed by atoms with Crippen molar-refractivity contribution in [2.24, 2.45) is 0 Å². The fourth-order valence-corrected chi connectivity index (χ4v) is 3.88. The molecular weight excluding hydrogens is 383 g/mol. The summed E-state index contributed by atoms with van der Waals surface area (Å²) in [5.74, 6) is -0.340. The molecule has 0 saturated carbocycles. The van der Waals surface area contributed by atoms with Gasteiger partial charge in [-0.15, -0.1) is 0 Å². The normalized spacial score (nSPS) is 12.5. The lowest BCUT2D eigenvalue weighted by molar-refractivity contribution is -0.122. The largest absolute Gasteiger partial charge is 0.491 e. The van der Waals surface area contributed by atoms with E-state index in [2.05, 4.69) is 5.32 Å². The van der Waals surface area contributed by atoms with Gasteiger partial charge in [-0.1, -0.05) is 18.2 Å². The lowest BCUT2D eigenvalue weighted by atomic mass is 10.2. The van der Waals surface area contributed by atoms with Gasteiger partial charge in [-0.05, 0) is 56.7 Å². The van der Waals surface area contributed by atoms with Crippen LogP contribution in [0.2, 0.25) is 0 Å². The molecule has 0 saturated heterocycles. The number of amides is 1. The summed E-state index contributed by atoms with van der Waals surface area (Å²) in [5, 5.41) is 2.72. The minimum Gasteiger partial charge on any atom is -0.491 e. The number of hydrogen-bond acceptors (Lipinski definition) is 4. The molecule has 152 valence electrons. The zero-order valence-corrected chi connectivity index (χ0v) is 17.2. The summed E-state index contributed by atoms with van der Waals surface area (Å²) in [7, 11) is -3.79. The third kappa shape index (κ3) is 5.95. The quantitative estimate of drug-likeness (QED) is 0.728. The van der Waals surface area contributed by atoms with Gasteiger partial charge in [0.1, 0.15) is 17.6 Å². The summed E-state index contributed by atoms with van der Waals surface area (Å²) in [6, 6.07) is 11.4. The van der Waals surface area contributed by atoms with E-state index in [1.165, 1.54) is 25.1 Å². The molecule has 8 heteroatoms. The molecule has 0 aliphatic heterocycles. The van der Waals surface area contributed by atoms with Gasteiger partial charge in [-0.3, -0.25) is 9.10 Å². The Kier molecular flexibility index (Phi) is 7.01. The first kappa shape index (κ1) is 21.7. The van der Waals surface area contributed by atoms with Crippen molar-refractivity contribution in [3.05, 3.63) is 59.9 Å². The Hall–Kier alpha value is -2.61. The number of anilines is 1. The second kappa shape index (κ2) is 9.05. The molecule has 6 nitrogen and oxygen atoms in total. The predicted molar refractivity (Wildman–Crippen MR) is 107 cm³/mol. The standard InChI is InChI=1S/C20H25FN2O4S/c1-14(2)27-19-10-8-16(9-11-19)13-22-20(24)15(3)23(28(4,25)26)18-7-5-6-17(21)12-18/h5-12,14-15H,13H2,1-4H3,(H,22,24)/t15-/m1/s1. The van der Waals surface area contributed by atoms with Crippen LogP contribution in [-0.4, -0.2) is 32.7 Å². The summed E-state index contributed by atoms with van der Waals surface area (Å²) >= 11 is 0. The first-order valence-electron chi connectivity index (χ1n) is 8.86. The second-order valence-corrected chi connectivity index (χ2v) is 8.60. The van der Waals surface area contributed by atoms with Crippen LogP contribution in [0.1, 0.15) is 26.3 Å². The van der Waals surface area contributed by atoms with Gasteiger partial charge in [0, 0.05) is 6.54 Å². The average molecular weight is 408 g/mol. The fourth-order valence-electron chi connectivity index (χ4n) is 2.72. The van der Waals surface area contributed by atoms with Crippen LogP contribution in [0.25, 0.3) is 0 Å². The molecule has 0 unspecified atom stereocenters. The average Bonchev–Trinajstić information content (AvgIpc) is 2.59. The fraction of sp³-hybridized carbons (Fsp3) is 0.350. The number of nitrogens with one attached hydrogen (secondary N) is 1. The van der Waals surface area contributed by atoms with Crippen molar-refractivity contribution in [2.75, 3.05) is 10.6 Å². The van der Waals surface area contributed by atoms with Crippen molar-refractivity contribution < 1.29 is 22.3 Å². The molecule has 2 aromatic rings. The number of halogens is 1. The number of benzene rings is 2. The van der Waals surface area contributed by atoms with E-state index in [1.807, 2.05) is 26.0 Å². The Morgan fingerprint density at radius 2 is 1.79 bits per heavy atom. The Balaban J connectivity index is 2.09. The minimum absolute atomic E-state index is 0.0659. The molecule has 0 aromatic heterocycles. The maximum Gasteiger partial charge on any atom is 0.243 e. The SMILES string of the molecule is CC(C)Oc1ccc(CNC(=O)[C@@H](C)N(c2cccc(F)c2)S(C)(=O)=O)cc1. The van der Waals surface area contributed by atoms with Crippen LogP contribution in [-0.2, 0) is 21.4 Å². The zero-order valence-electron chi connectivity index (χ0n) is 16.3. The molecule has 0 spiro atoms. The highest BCUT2D eigenvalue weighted by Crippen LogP contribution is 2.22. The highest BCUT2D eigenvalue weighted by Gasteiger charge is 2.29. The van der Waals surface area contributed by atoms with E-state index in [0.29, 0.717) is 0 Å². The zero-order chi connectivity index (χ0) is 20.9. The van der Waals surface area contributed by atoms with E-state index < -0.39 is 27.8 Å². The summed E-state index contributed by atoms with van der Waals surface area (Å²) in [4.78, 5) is 12.5. The molecule has 2 aromatic carbocycles. The number of nitrogens with zero attached hydrogens (tertiary/aromatic N) is 1. The number of carbonyl (C=O) groups excluding carboxylic acids is 1. The lowest BCUT2D eigenvalue weighted by Crippen LogP contribution is -2.47. The van der Waals surface area contributed by atoms with Gasteiger partial charge in [0.2, 0.25) is 15.9 Å². The van der Waals surface area contributed by atoms with Crippen LogP contribution >= 0.6 is 0 Å². The molecule has 0 radical (unpaired) electrons. The number of hydrogen-bond donors (Lipinski definition) is 1. The predicted octanol–water partition coefficient (Wildman–Crippen LogP) is 3.08. The van der Waals surface area contributed by atoms with Gasteiger partial charge in [-0.2, -0.15) is 0 Å². The number of ether oxygens (including phenoxy) is 1. The van der Waals surface area contributed by atoms with Crippen molar-refractivity contribution in [1.29, 1.82) is 0 Å². The third-order valence-electron chi connectivity index (χ3n) is 3.91. The molecule has 28 heavy (non-hydrogen) atoms. The highest BCUT2D eigenvalue weighted by atomic mass is 32.2. The van der Waals surface area contributed by atoms with E-state index in [9.17, 15) is 17.6 Å². The van der Waals surface area contributed by atoms with Crippen LogP contribution in [0.15, 0.2) is 48.5 Å². The summed E-state index contributed by atoms with van der Waals surface area (Å²) < 4.78 is 44.4. The van der Waals surface area contributed by atoms with Crippen molar-refractivity contribution in [2.45, 2.75) is 39.5 Å². The Morgan fingerprint density at radius 1 is 1.14 bits per heavy atom. The summed E-state index contributed by atoms with van der Waals surface area (Å²) in [5.41, 5.74) is 0.939. The van der Waals surface area contributed by atoms with Gasteiger partial charge < -0.3 is 10.1 Å². The topological polar surface area (TPSA) is 75.7 Å². The van der Waals surface area contributed by atoms with Crippen molar-refractivity contribution in [3.8, 4) is 5.75 Å². The minimum atomic E-state index is -3.79. The molecule has 0 aliphatic carbocycles. The van der Waals surface area contributed by atoms with E-state index in [-0.39, 0.29) is 18.3 Å². The molecule has 1 N–H and O–H groups in total. The van der Waals surface area contributed by atoms with Crippen LogP contribution in [0.4, 0.5) is 10.1 Å². The third-order valence-corrected chi connectivity index (χ3v) is 5.15. The van der Waals surface area contributed by atoms with Crippen molar-refractivity contribution in [1.82, 2.24) is 5.32 Å². The maximum absolute atomic E-state index is 13.5. The monoisotopic (exact) mass is 408 g/mol. The molecule has 0 bridgehead atoms. The first-order chi connectivity index (χ1) is 13.1. The molecule has 1 amide bonds. The van der Waals surface area contributed by atoms with Crippen molar-refractivity contribution >= 4 is 21.6 Å². The number of sulfonamides is 1. The number of rotatable bonds is 8. The molecule has 2 rings (SSSR count). The van der Waals surface area contributed by atoms with Crippen LogP contribution in [0.3, 0.4) is 0 Å². The molecule has 0 heterocycles. The van der Waals surface area contributed by atoms with E-state index in [4.69, 9.17) is 4.74 Å².